The van der Waals surface area contributed by atoms with Gasteiger partial charge in [0.2, 0.25) is 0 Å². The van der Waals surface area contributed by atoms with E-state index in [1.807, 2.05) is 30.3 Å². The van der Waals surface area contributed by atoms with Gasteiger partial charge in [-0.25, -0.2) is 0 Å². The van der Waals surface area contributed by atoms with Crippen LogP contribution in [0.25, 0.3) is 0 Å². The first-order chi connectivity index (χ1) is 11.7. The number of benzene rings is 1. The van der Waals surface area contributed by atoms with Crippen LogP contribution >= 0.6 is 0 Å². The number of unbranched alkanes of at least 4 members (excludes halogenated alkanes) is 1. The van der Waals surface area contributed by atoms with Crippen molar-refractivity contribution >= 4 is 0 Å². The van der Waals surface area contributed by atoms with Crippen molar-refractivity contribution in [2.45, 2.75) is 56.8 Å². The van der Waals surface area contributed by atoms with Crippen LogP contribution < -0.4 is 0 Å². The Hall–Kier alpha value is -1.02. The molecule has 6 heteroatoms. The Balaban J connectivity index is 1.69. The summed E-state index contributed by atoms with van der Waals surface area (Å²) in [4.78, 5) is 0. The predicted octanol–water partition coefficient (Wildman–Crippen LogP) is 2.02. The molecule has 0 radical (unpaired) electrons. The Morgan fingerprint density at radius 2 is 2.00 bits per heavy atom. The summed E-state index contributed by atoms with van der Waals surface area (Å²) < 4.78 is 28.8. The summed E-state index contributed by atoms with van der Waals surface area (Å²) in [6.07, 6.45) is -1.49. The van der Waals surface area contributed by atoms with Crippen LogP contribution in [0.1, 0.15) is 31.6 Å². The second-order valence-electron chi connectivity index (χ2n) is 6.13. The lowest BCUT2D eigenvalue weighted by Gasteiger charge is -2.47. The SMILES string of the molecule is CCCCOC1C(O)[C@@H]2OC(c3ccccc3)OCC2O[C@@H]1OC. The van der Waals surface area contributed by atoms with Gasteiger partial charge in [0, 0.05) is 19.3 Å². The van der Waals surface area contributed by atoms with Crippen LogP contribution in [0.5, 0.6) is 0 Å². The fourth-order valence-corrected chi connectivity index (χ4v) is 3.08. The normalized spacial score (nSPS) is 36.3. The summed E-state index contributed by atoms with van der Waals surface area (Å²) >= 11 is 0. The molecule has 0 aromatic heterocycles. The largest absolute Gasteiger partial charge is 0.387 e. The Morgan fingerprint density at radius 3 is 2.71 bits per heavy atom. The molecule has 2 aliphatic rings. The van der Waals surface area contributed by atoms with E-state index >= 15 is 0 Å². The summed E-state index contributed by atoms with van der Waals surface area (Å²) in [5.41, 5.74) is 0.917. The van der Waals surface area contributed by atoms with Crippen molar-refractivity contribution < 1.29 is 28.8 Å². The molecular formula is C18H26O6. The number of aliphatic hydroxyl groups excluding tert-OH is 1. The molecule has 4 unspecified atom stereocenters. The van der Waals surface area contributed by atoms with Crippen LogP contribution in [0.15, 0.2) is 30.3 Å². The third kappa shape index (κ3) is 3.79. The minimum absolute atomic E-state index is 0.336. The minimum atomic E-state index is -0.833. The molecule has 2 saturated heterocycles. The summed E-state index contributed by atoms with van der Waals surface area (Å²) in [6.45, 7) is 2.98. The third-order valence-electron chi connectivity index (χ3n) is 4.42. The summed E-state index contributed by atoms with van der Waals surface area (Å²) in [7, 11) is 1.55. The lowest BCUT2D eigenvalue weighted by Crippen LogP contribution is -2.62. The van der Waals surface area contributed by atoms with Crippen molar-refractivity contribution in [2.24, 2.45) is 0 Å². The molecule has 0 bridgehead atoms. The van der Waals surface area contributed by atoms with E-state index in [0.717, 1.165) is 18.4 Å². The quantitative estimate of drug-likeness (QED) is 0.801. The van der Waals surface area contributed by atoms with Crippen LogP contribution in [0, 0.1) is 0 Å². The van der Waals surface area contributed by atoms with E-state index in [2.05, 4.69) is 6.92 Å². The van der Waals surface area contributed by atoms with Crippen LogP contribution in [0.3, 0.4) is 0 Å². The molecule has 1 N–H and O–H groups in total. The highest BCUT2D eigenvalue weighted by Crippen LogP contribution is 2.35. The van der Waals surface area contributed by atoms with Gasteiger partial charge in [0.25, 0.3) is 0 Å². The molecule has 2 fully saturated rings. The number of hydrogen-bond acceptors (Lipinski definition) is 6. The molecule has 0 aliphatic carbocycles. The Morgan fingerprint density at radius 1 is 1.21 bits per heavy atom. The Bertz CT molecular complexity index is 496. The number of hydrogen-bond donors (Lipinski definition) is 1. The molecule has 0 amide bonds. The number of rotatable bonds is 6. The average molecular weight is 338 g/mol. The van der Waals surface area contributed by atoms with Gasteiger partial charge in [0.1, 0.15) is 24.4 Å². The van der Waals surface area contributed by atoms with Crippen molar-refractivity contribution in [2.75, 3.05) is 20.3 Å². The maximum absolute atomic E-state index is 10.8. The molecule has 6 atom stereocenters. The zero-order chi connectivity index (χ0) is 16.9. The maximum Gasteiger partial charge on any atom is 0.186 e. The second kappa shape index (κ2) is 8.38. The van der Waals surface area contributed by atoms with E-state index in [-0.39, 0.29) is 6.10 Å². The van der Waals surface area contributed by atoms with Gasteiger partial charge in [0.05, 0.1) is 6.61 Å². The molecule has 0 spiro atoms. The van der Waals surface area contributed by atoms with Crippen molar-refractivity contribution in [1.29, 1.82) is 0 Å². The molecule has 6 nitrogen and oxygen atoms in total. The zero-order valence-corrected chi connectivity index (χ0v) is 14.2. The van der Waals surface area contributed by atoms with E-state index < -0.39 is 30.9 Å². The van der Waals surface area contributed by atoms with Crippen LogP contribution in [-0.4, -0.2) is 56.1 Å². The van der Waals surface area contributed by atoms with E-state index in [9.17, 15) is 5.11 Å². The second-order valence-corrected chi connectivity index (χ2v) is 6.13. The first-order valence-corrected chi connectivity index (χ1v) is 8.54. The molecule has 1 aromatic rings. The fourth-order valence-electron chi connectivity index (χ4n) is 3.08. The summed E-state index contributed by atoms with van der Waals surface area (Å²) in [5.74, 6) is 0. The van der Waals surface area contributed by atoms with Gasteiger partial charge in [-0.1, -0.05) is 43.7 Å². The topological polar surface area (TPSA) is 66.4 Å². The van der Waals surface area contributed by atoms with Crippen molar-refractivity contribution in [3.63, 3.8) is 0 Å². The molecule has 0 saturated carbocycles. The summed E-state index contributed by atoms with van der Waals surface area (Å²) in [5, 5.41) is 10.8. The zero-order valence-electron chi connectivity index (χ0n) is 14.2. The van der Waals surface area contributed by atoms with E-state index in [1.165, 1.54) is 0 Å². The standard InChI is InChI=1S/C18H26O6/c1-3-4-10-21-16-14(19)15-13(23-18(16)20-2)11-22-17(24-15)12-8-6-5-7-9-12/h5-9,13-19H,3-4,10-11H2,1-2H3/t13?,14?,15-,16?,17?,18+/m1/s1. The number of aliphatic hydroxyl groups is 1. The number of fused-ring (bicyclic) bond motifs is 1. The van der Waals surface area contributed by atoms with Crippen LogP contribution in [0.4, 0.5) is 0 Å². The van der Waals surface area contributed by atoms with Gasteiger partial charge < -0.3 is 28.8 Å². The molecule has 134 valence electrons. The third-order valence-corrected chi connectivity index (χ3v) is 4.42. The number of ether oxygens (including phenoxy) is 5. The lowest BCUT2D eigenvalue weighted by molar-refractivity contribution is -0.362. The molecule has 24 heavy (non-hydrogen) atoms. The average Bonchev–Trinajstić information content (AvgIpc) is 2.64. The van der Waals surface area contributed by atoms with Gasteiger partial charge in [-0.3, -0.25) is 0 Å². The minimum Gasteiger partial charge on any atom is -0.387 e. The highest BCUT2D eigenvalue weighted by atomic mass is 16.8. The van der Waals surface area contributed by atoms with Gasteiger partial charge in [-0.05, 0) is 6.42 Å². The van der Waals surface area contributed by atoms with Crippen LogP contribution in [-0.2, 0) is 23.7 Å². The van der Waals surface area contributed by atoms with E-state index in [0.29, 0.717) is 13.2 Å². The molecule has 1 aromatic carbocycles. The number of methoxy groups -OCH3 is 1. The van der Waals surface area contributed by atoms with Crippen LogP contribution in [0.2, 0.25) is 0 Å². The molecular weight excluding hydrogens is 312 g/mol. The molecule has 2 heterocycles. The van der Waals surface area contributed by atoms with Gasteiger partial charge in [-0.15, -0.1) is 0 Å². The molecule has 2 aliphatic heterocycles. The van der Waals surface area contributed by atoms with Gasteiger partial charge in [-0.2, -0.15) is 0 Å². The predicted molar refractivity (Wildman–Crippen MR) is 86.3 cm³/mol. The monoisotopic (exact) mass is 338 g/mol. The lowest BCUT2D eigenvalue weighted by atomic mass is 9.97. The van der Waals surface area contributed by atoms with Gasteiger partial charge >= 0.3 is 0 Å². The Kier molecular flexibility index (Phi) is 6.21. The van der Waals surface area contributed by atoms with Crippen molar-refractivity contribution in [3.8, 4) is 0 Å². The van der Waals surface area contributed by atoms with Crippen molar-refractivity contribution in [1.82, 2.24) is 0 Å². The van der Waals surface area contributed by atoms with E-state index in [4.69, 9.17) is 23.7 Å². The maximum atomic E-state index is 10.8. The first kappa shape index (κ1) is 17.8. The smallest absolute Gasteiger partial charge is 0.186 e. The van der Waals surface area contributed by atoms with Gasteiger partial charge in [0.15, 0.2) is 12.6 Å². The first-order valence-electron chi connectivity index (χ1n) is 8.54. The fraction of sp³-hybridized carbons (Fsp3) is 0.667. The highest BCUT2D eigenvalue weighted by molar-refractivity contribution is 5.16. The van der Waals surface area contributed by atoms with E-state index in [1.54, 1.807) is 7.11 Å². The van der Waals surface area contributed by atoms with Crippen molar-refractivity contribution in [3.05, 3.63) is 35.9 Å². The molecule has 3 rings (SSSR count). The Labute approximate surface area is 142 Å². The summed E-state index contributed by atoms with van der Waals surface area (Å²) in [6, 6.07) is 9.68. The highest BCUT2D eigenvalue weighted by Gasteiger charge is 2.50.